The Morgan fingerprint density at radius 2 is 1.45 bits per heavy atom. The van der Waals surface area contributed by atoms with Gasteiger partial charge in [0.1, 0.15) is 6.07 Å². The topological polar surface area (TPSA) is 84.8 Å². The summed E-state index contributed by atoms with van der Waals surface area (Å²) in [5.74, 6) is 0. The normalized spacial score (nSPS) is 14.6. The minimum atomic E-state index is -0.0629. The lowest BCUT2D eigenvalue weighted by Gasteiger charge is -2.15. The van der Waals surface area contributed by atoms with Crippen molar-refractivity contribution in [2.45, 2.75) is 86.6 Å². The van der Waals surface area contributed by atoms with Crippen LogP contribution in [-0.4, -0.2) is 23.2 Å². The van der Waals surface area contributed by atoms with Crippen LogP contribution >= 0.6 is 22.7 Å². The molecule has 0 amide bonds. The molecule has 0 bridgehead atoms. The standard InChI is InChI=1S/C11H18N2S.C9H12N2S.C4H10O/c1-10(2,3)6-9-13-8(7-14-9)11(12)4-5-11;1-9(2,3)4-8-11-7(5-10)6-12-8;1-3-5-4-2/h7H,4-6,12H2,1-3H3;6H,4H2,1-3H3;3-4H2,1-2H3. The highest BCUT2D eigenvalue weighted by molar-refractivity contribution is 7.10. The van der Waals surface area contributed by atoms with Crippen molar-refractivity contribution in [2.24, 2.45) is 16.6 Å². The first kappa shape index (κ1) is 27.7. The number of nitriles is 1. The summed E-state index contributed by atoms with van der Waals surface area (Å²) in [6, 6.07) is 2.03. The highest BCUT2D eigenvalue weighted by atomic mass is 32.1. The summed E-state index contributed by atoms with van der Waals surface area (Å²) in [6.07, 6.45) is 4.20. The Bertz CT molecular complexity index is 816. The molecule has 1 fully saturated rings. The molecule has 1 aliphatic carbocycles. The molecule has 2 aromatic heterocycles. The Hall–Kier alpha value is -1.33. The van der Waals surface area contributed by atoms with Gasteiger partial charge in [-0.3, -0.25) is 0 Å². The van der Waals surface area contributed by atoms with Gasteiger partial charge in [-0.15, -0.1) is 22.7 Å². The molecule has 174 valence electrons. The molecule has 5 nitrogen and oxygen atoms in total. The average molecular weight is 465 g/mol. The lowest BCUT2D eigenvalue weighted by atomic mass is 9.93. The number of hydrogen-bond donors (Lipinski definition) is 1. The van der Waals surface area contributed by atoms with E-state index in [4.69, 9.17) is 15.7 Å². The zero-order valence-electron chi connectivity index (χ0n) is 20.5. The molecule has 1 aliphatic rings. The molecular formula is C24H40N4OS2. The molecule has 0 radical (unpaired) electrons. The summed E-state index contributed by atoms with van der Waals surface area (Å²) in [5, 5.41) is 14.8. The van der Waals surface area contributed by atoms with Gasteiger partial charge in [0.05, 0.1) is 21.2 Å². The number of rotatable bonds is 5. The summed E-state index contributed by atoms with van der Waals surface area (Å²) in [6.45, 7) is 18.9. The fourth-order valence-electron chi connectivity index (χ4n) is 2.57. The third kappa shape index (κ3) is 11.7. The van der Waals surface area contributed by atoms with Crippen LogP contribution in [0.2, 0.25) is 0 Å². The molecule has 2 aromatic rings. The van der Waals surface area contributed by atoms with Gasteiger partial charge in [-0.05, 0) is 37.5 Å². The first-order chi connectivity index (χ1) is 14.3. The predicted octanol–water partition coefficient (Wildman–Crippen LogP) is 6.33. The third-order valence-corrected chi connectivity index (χ3v) is 5.99. The van der Waals surface area contributed by atoms with E-state index in [9.17, 15) is 0 Å². The number of nitrogens with two attached hydrogens (primary N) is 1. The summed E-state index contributed by atoms with van der Waals surface area (Å²) in [5.41, 5.74) is 8.25. The molecule has 0 aromatic carbocycles. The van der Waals surface area contributed by atoms with Gasteiger partial charge >= 0.3 is 0 Å². The van der Waals surface area contributed by atoms with Crippen LogP contribution in [0.1, 0.15) is 89.6 Å². The summed E-state index contributed by atoms with van der Waals surface area (Å²) in [7, 11) is 0. The van der Waals surface area contributed by atoms with Crippen LogP contribution in [0, 0.1) is 22.2 Å². The number of ether oxygens (including phenoxy) is 1. The van der Waals surface area contributed by atoms with Gasteiger partial charge in [0.15, 0.2) is 5.69 Å². The maximum absolute atomic E-state index is 8.54. The van der Waals surface area contributed by atoms with Crippen molar-refractivity contribution >= 4 is 22.7 Å². The number of hydrogen-bond acceptors (Lipinski definition) is 7. The molecule has 2 N–H and O–H groups in total. The van der Waals surface area contributed by atoms with Crippen LogP contribution in [0.15, 0.2) is 10.8 Å². The fraction of sp³-hybridized carbons (Fsp3) is 0.708. The van der Waals surface area contributed by atoms with Crippen molar-refractivity contribution < 1.29 is 4.74 Å². The van der Waals surface area contributed by atoms with Gasteiger partial charge in [0.2, 0.25) is 0 Å². The molecule has 2 heterocycles. The zero-order chi connectivity index (χ0) is 23.7. The van der Waals surface area contributed by atoms with Gasteiger partial charge in [-0.2, -0.15) is 5.26 Å². The highest BCUT2D eigenvalue weighted by Gasteiger charge is 2.42. The Labute approximate surface area is 197 Å². The third-order valence-electron chi connectivity index (χ3n) is 4.29. The minimum absolute atomic E-state index is 0.0629. The lowest BCUT2D eigenvalue weighted by Crippen LogP contribution is -2.19. The van der Waals surface area contributed by atoms with Crippen molar-refractivity contribution in [3.8, 4) is 6.07 Å². The zero-order valence-corrected chi connectivity index (χ0v) is 22.2. The summed E-state index contributed by atoms with van der Waals surface area (Å²) in [4.78, 5) is 8.79. The largest absolute Gasteiger partial charge is 0.382 e. The molecule has 1 saturated carbocycles. The monoisotopic (exact) mass is 464 g/mol. The van der Waals surface area contributed by atoms with Crippen LogP contribution in [0.5, 0.6) is 0 Å². The highest BCUT2D eigenvalue weighted by Crippen LogP contribution is 2.43. The van der Waals surface area contributed by atoms with E-state index in [0.29, 0.717) is 11.1 Å². The second kappa shape index (κ2) is 12.1. The molecule has 0 atom stereocenters. The first-order valence-corrected chi connectivity index (χ1v) is 12.7. The van der Waals surface area contributed by atoms with Crippen molar-refractivity contribution in [2.75, 3.05) is 13.2 Å². The SMILES string of the molecule is CC(C)(C)Cc1nc(C#N)cs1.CC(C)(C)Cc1nc(C2(N)CC2)cs1.CCOCC. The Kier molecular flexibility index (Phi) is 10.8. The molecule has 0 saturated heterocycles. The van der Waals surface area contributed by atoms with E-state index in [1.54, 1.807) is 28.1 Å². The van der Waals surface area contributed by atoms with E-state index in [0.717, 1.165) is 49.6 Å². The molecule has 0 aliphatic heterocycles. The molecule has 31 heavy (non-hydrogen) atoms. The van der Waals surface area contributed by atoms with Crippen LogP contribution < -0.4 is 5.73 Å². The van der Waals surface area contributed by atoms with E-state index < -0.39 is 0 Å². The van der Waals surface area contributed by atoms with Crippen molar-refractivity contribution in [3.63, 3.8) is 0 Å². The molecule has 0 unspecified atom stereocenters. The molecular weight excluding hydrogens is 424 g/mol. The van der Waals surface area contributed by atoms with E-state index in [1.807, 2.05) is 19.9 Å². The quantitative estimate of drug-likeness (QED) is 0.559. The maximum atomic E-state index is 8.54. The molecule has 7 heteroatoms. The van der Waals surface area contributed by atoms with Gasteiger partial charge < -0.3 is 10.5 Å². The number of aromatic nitrogens is 2. The van der Waals surface area contributed by atoms with Crippen LogP contribution in [0.3, 0.4) is 0 Å². The lowest BCUT2D eigenvalue weighted by molar-refractivity contribution is 0.162. The smallest absolute Gasteiger partial charge is 0.151 e. The van der Waals surface area contributed by atoms with Crippen LogP contribution in [0.25, 0.3) is 0 Å². The number of nitrogens with zero attached hydrogens (tertiary/aromatic N) is 3. The van der Waals surface area contributed by atoms with Crippen molar-refractivity contribution in [1.29, 1.82) is 5.26 Å². The second-order valence-corrected chi connectivity index (χ2v) is 12.2. The summed E-state index contributed by atoms with van der Waals surface area (Å²) >= 11 is 3.32. The van der Waals surface area contributed by atoms with Crippen LogP contribution in [0.4, 0.5) is 0 Å². The number of thiazole rings is 2. The van der Waals surface area contributed by atoms with E-state index in [-0.39, 0.29) is 11.0 Å². The Morgan fingerprint density at radius 1 is 0.968 bits per heavy atom. The molecule has 3 rings (SSSR count). The van der Waals surface area contributed by atoms with E-state index in [2.05, 4.69) is 56.9 Å². The Balaban J connectivity index is 0.000000259. The van der Waals surface area contributed by atoms with Gasteiger partial charge in [-0.25, -0.2) is 9.97 Å². The van der Waals surface area contributed by atoms with E-state index >= 15 is 0 Å². The second-order valence-electron chi connectivity index (χ2n) is 10.3. The first-order valence-electron chi connectivity index (χ1n) is 11.0. The maximum Gasteiger partial charge on any atom is 0.151 e. The Morgan fingerprint density at radius 3 is 1.81 bits per heavy atom. The van der Waals surface area contributed by atoms with Crippen molar-refractivity contribution in [3.05, 3.63) is 32.2 Å². The fourth-order valence-corrected chi connectivity index (χ4v) is 4.79. The minimum Gasteiger partial charge on any atom is -0.382 e. The van der Waals surface area contributed by atoms with Crippen molar-refractivity contribution in [1.82, 2.24) is 9.97 Å². The average Bonchev–Trinajstić information content (AvgIpc) is 3.04. The van der Waals surface area contributed by atoms with E-state index in [1.165, 1.54) is 5.01 Å². The van der Waals surface area contributed by atoms with Crippen LogP contribution in [-0.2, 0) is 23.1 Å². The van der Waals surface area contributed by atoms with Gasteiger partial charge in [0, 0.05) is 36.8 Å². The predicted molar refractivity (Wildman–Crippen MR) is 133 cm³/mol. The van der Waals surface area contributed by atoms with Gasteiger partial charge in [-0.1, -0.05) is 41.5 Å². The van der Waals surface area contributed by atoms with Gasteiger partial charge in [0.25, 0.3) is 0 Å². The summed E-state index contributed by atoms with van der Waals surface area (Å²) < 4.78 is 4.83. The molecule has 0 spiro atoms.